The second-order valence-corrected chi connectivity index (χ2v) is 5.54. The maximum Gasteiger partial charge on any atom is 0.169 e. The molecule has 1 N–H and O–H groups in total. The lowest BCUT2D eigenvalue weighted by atomic mass is 10.1. The minimum absolute atomic E-state index is 0.108. The summed E-state index contributed by atoms with van der Waals surface area (Å²) < 4.78 is 8.52. The van der Waals surface area contributed by atoms with Gasteiger partial charge in [0.05, 0.1) is 17.1 Å². The molecule has 104 valence electrons. The zero-order valence-corrected chi connectivity index (χ0v) is 13.0. The molecule has 0 aliphatic heterocycles. The highest BCUT2D eigenvalue weighted by Crippen LogP contribution is 2.24. The Morgan fingerprint density at radius 1 is 1.30 bits per heavy atom. The van der Waals surface area contributed by atoms with Crippen molar-refractivity contribution in [2.24, 2.45) is 7.05 Å². The zero-order chi connectivity index (χ0) is 14.1. The number of rotatable bonds is 4. The van der Waals surface area contributed by atoms with Crippen LogP contribution in [0.4, 0.5) is 0 Å². The molecule has 1 aromatic carbocycles. The van der Waals surface area contributed by atoms with Crippen LogP contribution in [-0.2, 0) is 13.5 Å². The minimum atomic E-state index is 0.108. The Balaban J connectivity index is 1.93. The Morgan fingerprint density at radius 2 is 2.10 bits per heavy atom. The molecular weight excluding hydrogens is 318 g/mol. The van der Waals surface area contributed by atoms with Crippen LogP contribution >= 0.6 is 15.9 Å². The minimum Gasteiger partial charge on any atom is -0.453 e. The van der Waals surface area contributed by atoms with Crippen LogP contribution in [0.2, 0.25) is 0 Å². The average Bonchev–Trinajstić information content (AvgIpc) is 3.01. The first kappa shape index (κ1) is 13.4. The number of likely N-dealkylation sites (N-methyl/N-ethyl adjacent to an activating group) is 1. The van der Waals surface area contributed by atoms with Crippen molar-refractivity contribution in [2.45, 2.75) is 12.5 Å². The summed E-state index contributed by atoms with van der Waals surface area (Å²) in [6.45, 7) is 0. The highest BCUT2D eigenvalue weighted by atomic mass is 79.9. The number of imidazole rings is 1. The van der Waals surface area contributed by atoms with E-state index < -0.39 is 0 Å². The average molecular weight is 334 g/mol. The largest absolute Gasteiger partial charge is 0.453 e. The van der Waals surface area contributed by atoms with Crippen LogP contribution in [0.25, 0.3) is 11.0 Å². The van der Waals surface area contributed by atoms with Gasteiger partial charge in [-0.25, -0.2) is 4.98 Å². The molecule has 3 rings (SSSR count). The predicted octanol–water partition coefficient (Wildman–Crippen LogP) is 3.43. The van der Waals surface area contributed by atoms with Gasteiger partial charge in [0.1, 0.15) is 11.6 Å². The van der Waals surface area contributed by atoms with E-state index in [2.05, 4.69) is 38.9 Å². The summed E-state index contributed by atoms with van der Waals surface area (Å²) >= 11 is 3.34. The van der Waals surface area contributed by atoms with E-state index in [1.54, 1.807) is 0 Å². The van der Waals surface area contributed by atoms with Crippen LogP contribution in [0.15, 0.2) is 45.5 Å². The van der Waals surface area contributed by atoms with Gasteiger partial charge in [0.15, 0.2) is 4.67 Å². The Morgan fingerprint density at radius 3 is 2.75 bits per heavy atom. The maximum atomic E-state index is 5.64. The Hall–Kier alpha value is -1.59. The molecule has 0 radical (unpaired) electrons. The summed E-state index contributed by atoms with van der Waals surface area (Å²) in [6, 6.07) is 12.2. The molecule has 20 heavy (non-hydrogen) atoms. The van der Waals surface area contributed by atoms with E-state index in [4.69, 9.17) is 9.40 Å². The number of furan rings is 1. The molecule has 0 spiro atoms. The van der Waals surface area contributed by atoms with Crippen molar-refractivity contribution < 1.29 is 4.42 Å². The van der Waals surface area contributed by atoms with Gasteiger partial charge in [0, 0.05) is 13.5 Å². The van der Waals surface area contributed by atoms with Gasteiger partial charge in [-0.1, -0.05) is 12.1 Å². The summed E-state index contributed by atoms with van der Waals surface area (Å²) in [6.07, 6.45) is 0.779. The number of nitrogens with zero attached hydrogens (tertiary/aromatic N) is 2. The van der Waals surface area contributed by atoms with E-state index in [0.717, 1.165) is 33.7 Å². The van der Waals surface area contributed by atoms with E-state index in [9.17, 15) is 0 Å². The molecule has 0 bridgehead atoms. The van der Waals surface area contributed by atoms with Crippen LogP contribution in [0.5, 0.6) is 0 Å². The van der Waals surface area contributed by atoms with Gasteiger partial charge >= 0.3 is 0 Å². The molecule has 0 aliphatic carbocycles. The van der Waals surface area contributed by atoms with Crippen molar-refractivity contribution >= 4 is 27.0 Å². The Bertz CT molecular complexity index is 732. The smallest absolute Gasteiger partial charge is 0.169 e. The lowest BCUT2D eigenvalue weighted by Crippen LogP contribution is -2.19. The van der Waals surface area contributed by atoms with Crippen molar-refractivity contribution in [3.63, 3.8) is 0 Å². The molecule has 0 saturated carbocycles. The molecule has 4 nitrogen and oxygen atoms in total. The van der Waals surface area contributed by atoms with Crippen LogP contribution in [-0.4, -0.2) is 16.6 Å². The lowest BCUT2D eigenvalue weighted by Gasteiger charge is -2.13. The number of aromatic nitrogens is 2. The molecular formula is C15H16BrN3O. The molecule has 2 heterocycles. The third kappa shape index (κ3) is 2.39. The number of fused-ring (bicyclic) bond motifs is 1. The van der Waals surface area contributed by atoms with Crippen LogP contribution in [0, 0.1) is 0 Å². The first-order valence-corrected chi connectivity index (χ1v) is 7.31. The fraction of sp³-hybridized carbons (Fsp3) is 0.267. The number of halogens is 1. The van der Waals surface area contributed by atoms with Crippen molar-refractivity contribution in [2.75, 3.05) is 7.05 Å². The van der Waals surface area contributed by atoms with E-state index in [0.29, 0.717) is 0 Å². The molecule has 0 aliphatic rings. The van der Waals surface area contributed by atoms with Crippen LogP contribution in [0.3, 0.4) is 0 Å². The number of para-hydroxylation sites is 2. The van der Waals surface area contributed by atoms with Gasteiger partial charge in [0.25, 0.3) is 0 Å². The summed E-state index contributed by atoms with van der Waals surface area (Å²) in [7, 11) is 3.99. The van der Waals surface area contributed by atoms with Gasteiger partial charge in [-0.2, -0.15) is 0 Å². The van der Waals surface area contributed by atoms with Crippen LogP contribution < -0.4 is 5.32 Å². The molecule has 0 amide bonds. The third-order valence-corrected chi connectivity index (χ3v) is 3.98. The third-order valence-electron chi connectivity index (χ3n) is 3.55. The standard InChI is InChI=1S/C15H16BrN3O/c1-17-11(13-7-8-14(16)20-13)9-15-18-10-5-3-4-6-12(10)19(15)2/h3-8,11,17H,9H2,1-2H3. The highest BCUT2D eigenvalue weighted by Gasteiger charge is 2.17. The molecule has 0 saturated heterocycles. The second-order valence-electron chi connectivity index (χ2n) is 4.76. The SMILES string of the molecule is CNC(Cc1nc2ccccc2n1C)c1ccc(Br)o1. The fourth-order valence-corrected chi connectivity index (χ4v) is 2.74. The Labute approximate surface area is 125 Å². The molecule has 0 fully saturated rings. The zero-order valence-electron chi connectivity index (χ0n) is 11.4. The summed E-state index contributed by atoms with van der Waals surface area (Å²) in [5, 5.41) is 3.28. The van der Waals surface area contributed by atoms with Gasteiger partial charge in [0.2, 0.25) is 0 Å². The second kappa shape index (κ2) is 5.42. The number of nitrogens with one attached hydrogen (secondary N) is 1. The maximum absolute atomic E-state index is 5.64. The van der Waals surface area contributed by atoms with Gasteiger partial charge in [-0.3, -0.25) is 0 Å². The highest BCUT2D eigenvalue weighted by molar-refractivity contribution is 9.10. The number of aryl methyl sites for hydroxylation is 1. The molecule has 3 aromatic rings. The Kier molecular flexibility index (Phi) is 3.63. The van der Waals surface area contributed by atoms with E-state index in [1.807, 2.05) is 37.4 Å². The first-order valence-electron chi connectivity index (χ1n) is 6.52. The van der Waals surface area contributed by atoms with Crippen molar-refractivity contribution in [1.29, 1.82) is 0 Å². The summed E-state index contributed by atoms with van der Waals surface area (Å²) in [4.78, 5) is 4.70. The van der Waals surface area contributed by atoms with Crippen molar-refractivity contribution in [3.05, 3.63) is 52.7 Å². The number of benzene rings is 1. The molecule has 2 aromatic heterocycles. The van der Waals surface area contributed by atoms with E-state index >= 15 is 0 Å². The number of hydrogen-bond donors (Lipinski definition) is 1. The number of hydrogen-bond acceptors (Lipinski definition) is 3. The van der Waals surface area contributed by atoms with E-state index in [-0.39, 0.29) is 6.04 Å². The van der Waals surface area contributed by atoms with Crippen LogP contribution in [0.1, 0.15) is 17.6 Å². The summed E-state index contributed by atoms with van der Waals surface area (Å²) in [5.74, 6) is 1.95. The molecule has 1 unspecified atom stereocenters. The van der Waals surface area contributed by atoms with Crippen molar-refractivity contribution in [3.8, 4) is 0 Å². The molecule has 5 heteroatoms. The normalized spacial score (nSPS) is 12.9. The van der Waals surface area contributed by atoms with E-state index in [1.165, 1.54) is 0 Å². The fourth-order valence-electron chi connectivity index (χ4n) is 2.42. The monoisotopic (exact) mass is 333 g/mol. The lowest BCUT2D eigenvalue weighted by molar-refractivity contribution is 0.411. The van der Waals surface area contributed by atoms with Gasteiger partial charge in [-0.05, 0) is 47.2 Å². The topological polar surface area (TPSA) is 43.0 Å². The predicted molar refractivity (Wildman–Crippen MR) is 82.6 cm³/mol. The first-order chi connectivity index (χ1) is 9.69. The van der Waals surface area contributed by atoms with Crippen molar-refractivity contribution in [1.82, 2.24) is 14.9 Å². The summed E-state index contributed by atoms with van der Waals surface area (Å²) in [5.41, 5.74) is 2.18. The quantitative estimate of drug-likeness (QED) is 0.795. The molecule has 1 atom stereocenters. The van der Waals surface area contributed by atoms with Gasteiger partial charge in [-0.15, -0.1) is 0 Å². The van der Waals surface area contributed by atoms with Gasteiger partial charge < -0.3 is 14.3 Å².